The van der Waals surface area contributed by atoms with Crippen molar-refractivity contribution in [2.24, 2.45) is 5.73 Å². The molecule has 4 nitrogen and oxygen atoms in total. The van der Waals surface area contributed by atoms with Crippen LogP contribution in [-0.4, -0.2) is 16.0 Å². The lowest BCUT2D eigenvalue weighted by atomic mass is 10.0. The zero-order valence-electron chi connectivity index (χ0n) is 13.4. The summed E-state index contributed by atoms with van der Waals surface area (Å²) in [5.74, 6) is 0.732. The Kier molecular flexibility index (Phi) is 6.67. The number of anilines is 1. The molecule has 25 heavy (non-hydrogen) atoms. The smallest absolute Gasteiger partial charge is 0.225 e. The summed E-state index contributed by atoms with van der Waals surface area (Å²) in [6.07, 6.45) is 7.80. The van der Waals surface area contributed by atoms with Gasteiger partial charge in [0.15, 0.2) is 0 Å². The summed E-state index contributed by atoms with van der Waals surface area (Å²) in [4.78, 5) is 9.59. The first-order valence-electron chi connectivity index (χ1n) is 7.90. The zero-order chi connectivity index (χ0) is 17.6. The molecule has 0 spiro atoms. The van der Waals surface area contributed by atoms with Gasteiger partial charge in [0.2, 0.25) is 5.28 Å². The van der Waals surface area contributed by atoms with Gasteiger partial charge in [-0.15, -0.1) is 22.7 Å². The molecular weight excluding hydrogens is 395 g/mol. The van der Waals surface area contributed by atoms with Gasteiger partial charge in [0, 0.05) is 16.3 Å². The summed E-state index contributed by atoms with van der Waals surface area (Å²) in [5, 5.41) is 7.97. The second-order valence-electron chi connectivity index (χ2n) is 5.58. The fraction of sp³-hybridized carbons (Fsp3) is 0.294. The molecule has 1 aliphatic carbocycles. The van der Waals surface area contributed by atoms with Crippen molar-refractivity contribution in [1.82, 2.24) is 9.97 Å². The normalized spacial score (nSPS) is 16.5. The lowest BCUT2D eigenvalue weighted by Gasteiger charge is -2.09. The van der Waals surface area contributed by atoms with E-state index in [4.69, 9.17) is 28.9 Å². The molecule has 0 amide bonds. The number of hydrogen-bond donors (Lipinski definition) is 2. The van der Waals surface area contributed by atoms with Gasteiger partial charge in [-0.2, -0.15) is 4.98 Å². The molecule has 0 aromatic carbocycles. The van der Waals surface area contributed by atoms with Crippen molar-refractivity contribution in [1.29, 1.82) is 0 Å². The zero-order valence-corrected chi connectivity index (χ0v) is 16.6. The largest absolute Gasteiger partial charge is 0.364 e. The number of rotatable bonds is 3. The van der Waals surface area contributed by atoms with E-state index in [1.54, 1.807) is 11.3 Å². The van der Waals surface area contributed by atoms with Crippen LogP contribution < -0.4 is 11.1 Å². The summed E-state index contributed by atoms with van der Waals surface area (Å²) < 4.78 is 0.931. The third-order valence-corrected chi connectivity index (χ3v) is 6.10. The fourth-order valence-electron chi connectivity index (χ4n) is 2.38. The first kappa shape index (κ1) is 18.6. The number of allylic oxidation sites excluding steroid dienone is 1. The van der Waals surface area contributed by atoms with E-state index in [1.807, 2.05) is 16.8 Å². The molecule has 132 valence electrons. The number of aromatic nitrogens is 2. The highest BCUT2D eigenvalue weighted by molar-refractivity contribution is 7.18. The van der Waals surface area contributed by atoms with E-state index in [0.29, 0.717) is 16.6 Å². The van der Waals surface area contributed by atoms with Crippen LogP contribution in [-0.2, 0) is 6.54 Å². The minimum atomic E-state index is 0.205. The number of hydrogen-bond acceptors (Lipinski definition) is 6. The van der Waals surface area contributed by atoms with Crippen molar-refractivity contribution in [2.75, 3.05) is 5.32 Å². The van der Waals surface area contributed by atoms with Crippen LogP contribution in [0.15, 0.2) is 35.0 Å². The van der Waals surface area contributed by atoms with Gasteiger partial charge < -0.3 is 11.1 Å². The van der Waals surface area contributed by atoms with E-state index >= 15 is 0 Å². The average Bonchev–Trinajstić information content (AvgIpc) is 3.25. The summed E-state index contributed by atoms with van der Waals surface area (Å²) in [6, 6.07) is 4.54. The Morgan fingerprint density at radius 1 is 1.24 bits per heavy atom. The standard InChI is InChI=1S/C11H7Cl2N3S2.C6H11N/c12-7-5-18-9-8(7)15-11(13)16-10(9)14-4-6-2-1-3-17-6;7-6-4-2-1-3-5-6/h1-3,5H,4H2,(H,14,15,16);1-2,6H,3-5,7H2. The number of halogens is 2. The van der Waals surface area contributed by atoms with Crippen molar-refractivity contribution in [2.45, 2.75) is 31.8 Å². The van der Waals surface area contributed by atoms with Crippen LogP contribution >= 0.6 is 45.9 Å². The van der Waals surface area contributed by atoms with Crippen molar-refractivity contribution >= 4 is 61.9 Å². The second kappa shape index (κ2) is 8.96. The molecule has 1 aliphatic rings. The molecule has 3 aromatic heterocycles. The molecular formula is C17H18Cl2N4S2. The van der Waals surface area contributed by atoms with Crippen LogP contribution in [0.2, 0.25) is 10.3 Å². The Hall–Kier alpha value is -1.18. The van der Waals surface area contributed by atoms with E-state index in [9.17, 15) is 0 Å². The summed E-state index contributed by atoms with van der Waals surface area (Å²) >= 11 is 15.2. The highest BCUT2D eigenvalue weighted by Gasteiger charge is 2.11. The van der Waals surface area contributed by atoms with Gasteiger partial charge in [0.25, 0.3) is 0 Å². The molecule has 0 bridgehead atoms. The average molecular weight is 413 g/mol. The van der Waals surface area contributed by atoms with Crippen LogP contribution in [0.4, 0.5) is 5.82 Å². The Morgan fingerprint density at radius 3 is 2.76 bits per heavy atom. The van der Waals surface area contributed by atoms with Crippen LogP contribution in [0.25, 0.3) is 10.2 Å². The molecule has 3 aromatic rings. The Morgan fingerprint density at radius 2 is 2.12 bits per heavy atom. The number of nitrogens with two attached hydrogens (primary N) is 1. The van der Waals surface area contributed by atoms with E-state index < -0.39 is 0 Å². The SMILES string of the molecule is Clc1nc(NCc2cccs2)c2scc(Cl)c2n1.NC1CC=CCC1. The molecule has 0 aliphatic heterocycles. The minimum Gasteiger partial charge on any atom is -0.364 e. The second-order valence-corrected chi connectivity index (χ2v) is 8.24. The maximum atomic E-state index is 6.05. The predicted octanol–water partition coefficient (Wildman–Crippen LogP) is 5.73. The van der Waals surface area contributed by atoms with Gasteiger partial charge >= 0.3 is 0 Å². The maximum Gasteiger partial charge on any atom is 0.225 e. The molecule has 3 N–H and O–H groups in total. The number of fused-ring (bicyclic) bond motifs is 1. The predicted molar refractivity (Wildman–Crippen MR) is 110 cm³/mol. The Balaban J connectivity index is 0.000000219. The molecule has 1 unspecified atom stereocenters. The van der Waals surface area contributed by atoms with E-state index in [-0.39, 0.29) is 5.28 Å². The first-order chi connectivity index (χ1) is 12.1. The summed E-state index contributed by atoms with van der Waals surface area (Å²) in [7, 11) is 0. The number of nitrogens with zero attached hydrogens (tertiary/aromatic N) is 2. The molecule has 4 rings (SSSR count). The maximum absolute atomic E-state index is 6.05. The van der Waals surface area contributed by atoms with Crippen LogP contribution in [0, 0.1) is 0 Å². The molecule has 0 radical (unpaired) electrons. The van der Waals surface area contributed by atoms with Gasteiger partial charge in [-0.3, -0.25) is 0 Å². The first-order valence-corrected chi connectivity index (χ1v) is 10.4. The van der Waals surface area contributed by atoms with Crippen LogP contribution in [0.3, 0.4) is 0 Å². The molecule has 0 fully saturated rings. The van der Waals surface area contributed by atoms with Gasteiger partial charge in [-0.05, 0) is 42.3 Å². The van der Waals surface area contributed by atoms with E-state index in [2.05, 4.69) is 33.5 Å². The topological polar surface area (TPSA) is 63.8 Å². The van der Waals surface area contributed by atoms with E-state index in [0.717, 1.165) is 23.5 Å². The van der Waals surface area contributed by atoms with Crippen molar-refractivity contribution in [3.05, 3.63) is 50.2 Å². The Bertz CT molecular complexity index is 846. The van der Waals surface area contributed by atoms with Gasteiger partial charge in [0.05, 0.1) is 16.3 Å². The van der Waals surface area contributed by atoms with Gasteiger partial charge in [0.1, 0.15) is 11.3 Å². The molecule has 0 saturated heterocycles. The molecule has 8 heteroatoms. The summed E-state index contributed by atoms with van der Waals surface area (Å²) in [6.45, 7) is 0.718. The Labute approximate surface area is 164 Å². The minimum absolute atomic E-state index is 0.205. The molecule has 0 saturated carbocycles. The van der Waals surface area contributed by atoms with Crippen LogP contribution in [0.5, 0.6) is 0 Å². The highest BCUT2D eigenvalue weighted by atomic mass is 35.5. The van der Waals surface area contributed by atoms with Gasteiger partial charge in [-0.1, -0.05) is 29.8 Å². The van der Waals surface area contributed by atoms with E-state index in [1.165, 1.54) is 29.1 Å². The fourth-order valence-corrected chi connectivity index (χ4v) is 4.35. The third kappa shape index (κ3) is 5.15. The van der Waals surface area contributed by atoms with Crippen molar-refractivity contribution < 1.29 is 0 Å². The quantitative estimate of drug-likeness (QED) is 0.425. The van der Waals surface area contributed by atoms with Crippen LogP contribution in [0.1, 0.15) is 24.1 Å². The number of thiophene rings is 2. The lowest BCUT2D eigenvalue weighted by molar-refractivity contribution is 0.606. The third-order valence-electron chi connectivity index (χ3n) is 3.66. The summed E-state index contributed by atoms with van der Waals surface area (Å²) in [5.41, 5.74) is 6.29. The highest BCUT2D eigenvalue weighted by Crippen LogP contribution is 2.33. The molecule has 1 atom stereocenters. The molecule has 3 heterocycles. The van der Waals surface area contributed by atoms with Crippen molar-refractivity contribution in [3.63, 3.8) is 0 Å². The monoisotopic (exact) mass is 412 g/mol. The number of nitrogens with one attached hydrogen (secondary N) is 1. The van der Waals surface area contributed by atoms with Crippen molar-refractivity contribution in [3.8, 4) is 0 Å². The van der Waals surface area contributed by atoms with Gasteiger partial charge in [-0.25, -0.2) is 4.98 Å². The lowest BCUT2D eigenvalue weighted by Crippen LogP contribution is -2.19.